The minimum Gasteiger partial charge on any atom is -0.179 e. The van der Waals surface area contributed by atoms with E-state index in [4.69, 9.17) is 0 Å². The van der Waals surface area contributed by atoms with Crippen LogP contribution in [0.5, 0.6) is 0 Å². The van der Waals surface area contributed by atoms with Crippen LogP contribution in [0, 0.1) is 0 Å². The first-order chi connectivity index (χ1) is 2.41. The van der Waals surface area contributed by atoms with Crippen molar-refractivity contribution in [1.82, 2.24) is 0 Å². The maximum Gasteiger partial charge on any atom is 0.00283 e. The van der Waals surface area contributed by atoms with Gasteiger partial charge in [0.05, 0.1) is 0 Å². The van der Waals surface area contributed by atoms with E-state index in [1.165, 1.54) is 22.7 Å². The zero-order valence-corrected chi connectivity index (χ0v) is 6.46. The van der Waals surface area contributed by atoms with Crippen molar-refractivity contribution in [2.75, 3.05) is 5.75 Å². The van der Waals surface area contributed by atoms with Crippen LogP contribution in [-0.2, 0) is 0 Å². The molecule has 0 aromatic heterocycles. The third-order valence-corrected chi connectivity index (χ3v) is 1.54. The number of hydrogen-bond acceptors (Lipinski definition) is 1. The Morgan fingerprint density at radius 2 is 2.20 bits per heavy atom. The Labute approximate surface area is 41.8 Å². The summed E-state index contributed by atoms with van der Waals surface area (Å²) in [6.07, 6.45) is 1.31. The molecule has 0 aromatic rings. The van der Waals surface area contributed by atoms with Crippen LogP contribution in [0.1, 0.15) is 6.42 Å². The minimum atomic E-state index is 1.07. The van der Waals surface area contributed by atoms with Crippen LogP contribution in [-0.4, -0.2) is 16.0 Å². The van der Waals surface area contributed by atoms with Crippen molar-refractivity contribution < 1.29 is 0 Å². The Hall–Kier alpha value is 0.567. The second-order valence-corrected chi connectivity index (χ2v) is 2.52. The Morgan fingerprint density at radius 3 is 2.20 bits per heavy atom. The van der Waals surface area contributed by atoms with Gasteiger partial charge in [0, 0.05) is 10.2 Å². The van der Waals surface area contributed by atoms with Crippen molar-refractivity contribution in [1.29, 1.82) is 0 Å². The third kappa shape index (κ3) is 4.57. The van der Waals surface area contributed by atoms with E-state index >= 15 is 0 Å². The van der Waals surface area contributed by atoms with Gasteiger partial charge < -0.3 is 0 Å². The summed E-state index contributed by atoms with van der Waals surface area (Å²) in [6, 6.07) is 1.41. The molecule has 2 heteroatoms. The fourth-order valence-electron chi connectivity index (χ4n) is 0.158. The summed E-state index contributed by atoms with van der Waals surface area (Å²) < 4.78 is 0. The smallest absolute Gasteiger partial charge is 0.00283 e. The molecule has 32 valence electrons. The van der Waals surface area contributed by atoms with E-state index < -0.39 is 0 Å². The molecule has 0 bridgehead atoms. The van der Waals surface area contributed by atoms with Gasteiger partial charge in [-0.25, -0.2) is 0 Å². The summed E-state index contributed by atoms with van der Waals surface area (Å²) in [6.45, 7) is 0. The first kappa shape index (κ1) is 5.57. The first-order valence-electron chi connectivity index (χ1n) is 2.02. The molecule has 0 aromatic carbocycles. The number of thiol groups is 1. The minimum absolute atomic E-state index is 1.07. The summed E-state index contributed by atoms with van der Waals surface area (Å²) in [5.74, 6) is 1.07. The third-order valence-electron chi connectivity index (χ3n) is 0.512. The lowest BCUT2D eigenvalue weighted by atomic mass is 10.6. The van der Waals surface area contributed by atoms with Crippen LogP contribution in [0.3, 0.4) is 0 Å². The molecular weight excluding hydrogens is 96.2 g/mol. The molecule has 0 fully saturated rings. The molecule has 0 rings (SSSR count). The molecule has 0 aliphatic rings. The molecule has 0 aliphatic carbocycles. The normalized spacial score (nSPS) is 9.00. The van der Waals surface area contributed by atoms with Crippen LogP contribution >= 0.6 is 12.6 Å². The topological polar surface area (TPSA) is 0 Å². The van der Waals surface area contributed by atoms with E-state index in [2.05, 4.69) is 12.6 Å². The zero-order chi connectivity index (χ0) is 4.12. The fraction of sp³-hybridized carbons (Fsp3) is 1.00. The van der Waals surface area contributed by atoms with E-state index in [1.54, 1.807) is 0 Å². The van der Waals surface area contributed by atoms with Crippen molar-refractivity contribution in [3.63, 3.8) is 0 Å². The summed E-state index contributed by atoms with van der Waals surface area (Å²) in [5, 5.41) is 0. The quantitative estimate of drug-likeness (QED) is 0.374. The van der Waals surface area contributed by atoms with Gasteiger partial charge in [-0.2, -0.15) is 12.6 Å². The predicted molar refractivity (Wildman–Crippen MR) is 33.2 cm³/mol. The Morgan fingerprint density at radius 1 is 1.60 bits per heavy atom. The average Bonchev–Trinajstić information content (AvgIpc) is 1.41. The molecule has 0 heterocycles. The van der Waals surface area contributed by atoms with Crippen LogP contribution < -0.4 is 0 Å². The second kappa shape index (κ2) is 4.57. The van der Waals surface area contributed by atoms with Gasteiger partial charge in [-0.05, 0) is 12.2 Å². The van der Waals surface area contributed by atoms with Gasteiger partial charge in [-0.15, -0.1) is 0 Å². The highest BCUT2D eigenvalue weighted by molar-refractivity contribution is 7.80. The molecule has 0 N–H and O–H groups in total. The highest BCUT2D eigenvalue weighted by atomic mass is 32.1. The van der Waals surface area contributed by atoms with Gasteiger partial charge in [0.25, 0.3) is 0 Å². The van der Waals surface area contributed by atoms with Gasteiger partial charge in [-0.1, -0.05) is 6.04 Å². The van der Waals surface area contributed by atoms with Crippen molar-refractivity contribution in [2.45, 2.75) is 12.5 Å². The standard InChI is InChI=1S/C3H10SSi/c4-2-1-3-5/h4H,1-3H2,5H3. The molecule has 5 heavy (non-hydrogen) atoms. The zero-order valence-electron chi connectivity index (χ0n) is 3.57. The summed E-state index contributed by atoms with van der Waals surface area (Å²) in [7, 11) is 1.35. The maximum atomic E-state index is 4.02. The lowest BCUT2D eigenvalue weighted by Gasteiger charge is -1.78. The van der Waals surface area contributed by atoms with E-state index in [9.17, 15) is 0 Å². The van der Waals surface area contributed by atoms with Gasteiger partial charge in [-0.3, -0.25) is 0 Å². The molecular formula is C3H10SSi. The Balaban J connectivity index is 2.19. The number of rotatable bonds is 2. The highest BCUT2D eigenvalue weighted by Gasteiger charge is 1.69. The molecule has 0 spiro atoms. The van der Waals surface area contributed by atoms with Crippen LogP contribution in [0.15, 0.2) is 0 Å². The average molecular weight is 106 g/mol. The molecule has 0 unspecified atom stereocenters. The molecule has 0 saturated heterocycles. The van der Waals surface area contributed by atoms with Crippen molar-refractivity contribution in [3.8, 4) is 0 Å². The van der Waals surface area contributed by atoms with Crippen LogP contribution in [0.4, 0.5) is 0 Å². The van der Waals surface area contributed by atoms with E-state index in [-0.39, 0.29) is 0 Å². The molecule has 0 saturated carbocycles. The van der Waals surface area contributed by atoms with Gasteiger partial charge in [0.1, 0.15) is 0 Å². The largest absolute Gasteiger partial charge is 0.179 e. The Kier molecular flexibility index (Phi) is 5.08. The lowest BCUT2D eigenvalue weighted by Crippen LogP contribution is -1.69. The molecule has 0 atom stereocenters. The summed E-state index contributed by atoms with van der Waals surface area (Å²) >= 11 is 4.02. The number of hydrogen-bond donors (Lipinski definition) is 1. The van der Waals surface area contributed by atoms with Gasteiger partial charge >= 0.3 is 0 Å². The van der Waals surface area contributed by atoms with E-state index in [0.717, 1.165) is 5.75 Å². The van der Waals surface area contributed by atoms with Gasteiger partial charge in [0.15, 0.2) is 0 Å². The van der Waals surface area contributed by atoms with E-state index in [0.29, 0.717) is 0 Å². The molecule has 0 aliphatic heterocycles. The summed E-state index contributed by atoms with van der Waals surface area (Å²) in [5.41, 5.74) is 0. The van der Waals surface area contributed by atoms with Crippen LogP contribution in [0.25, 0.3) is 0 Å². The SMILES string of the molecule is [SiH3]CCCS. The second-order valence-electron chi connectivity index (χ2n) is 1.08. The highest BCUT2D eigenvalue weighted by Crippen LogP contribution is 1.84. The maximum absolute atomic E-state index is 4.02. The molecule has 0 nitrogen and oxygen atoms in total. The van der Waals surface area contributed by atoms with Crippen molar-refractivity contribution in [2.24, 2.45) is 0 Å². The first-order valence-corrected chi connectivity index (χ1v) is 4.07. The summed E-state index contributed by atoms with van der Waals surface area (Å²) in [4.78, 5) is 0. The Bertz CT molecular complexity index is 14.4. The predicted octanol–water partition coefficient (Wildman–Crippen LogP) is 0.0900. The fourth-order valence-corrected chi connectivity index (χ4v) is 1.42. The molecule has 0 radical (unpaired) electrons. The monoisotopic (exact) mass is 106 g/mol. The lowest BCUT2D eigenvalue weighted by molar-refractivity contribution is 1.11. The van der Waals surface area contributed by atoms with E-state index in [1.807, 2.05) is 0 Å². The molecule has 0 amide bonds. The van der Waals surface area contributed by atoms with Crippen LogP contribution in [0.2, 0.25) is 6.04 Å². The van der Waals surface area contributed by atoms with Gasteiger partial charge in [0.2, 0.25) is 0 Å². The van der Waals surface area contributed by atoms with Crippen molar-refractivity contribution >= 4 is 22.9 Å². The van der Waals surface area contributed by atoms with Crippen molar-refractivity contribution in [3.05, 3.63) is 0 Å².